The number of aliphatic hydroxyl groups excluding tert-OH is 1. The monoisotopic (exact) mass is 222 g/mol. The highest BCUT2D eigenvalue weighted by molar-refractivity contribution is 5.78. The van der Waals surface area contributed by atoms with Crippen LogP contribution in [0.3, 0.4) is 0 Å². The van der Waals surface area contributed by atoms with Crippen molar-refractivity contribution in [3.8, 4) is 0 Å². The van der Waals surface area contributed by atoms with Gasteiger partial charge in [-0.2, -0.15) is 0 Å². The molecule has 3 nitrogen and oxygen atoms in total. The molecule has 88 valence electrons. The highest BCUT2D eigenvalue weighted by Crippen LogP contribution is 2.22. The van der Waals surface area contributed by atoms with E-state index in [0.717, 1.165) is 16.7 Å². The second-order valence-electron chi connectivity index (χ2n) is 3.85. The standard InChI is InChI=1S/C13H18O3/c1-4-16-13(15)12(8-14)11-7-9(2)5-6-10(11)3/h5-7,12,14H,4,8H2,1-3H3/t12-/m1/s1. The van der Waals surface area contributed by atoms with Gasteiger partial charge in [0.25, 0.3) is 0 Å². The fraction of sp³-hybridized carbons (Fsp3) is 0.462. The molecule has 0 aliphatic rings. The molecule has 0 heterocycles. The normalized spacial score (nSPS) is 12.2. The van der Waals surface area contributed by atoms with Gasteiger partial charge >= 0.3 is 5.97 Å². The molecular weight excluding hydrogens is 204 g/mol. The molecule has 0 aliphatic heterocycles. The van der Waals surface area contributed by atoms with Gasteiger partial charge in [-0.1, -0.05) is 23.8 Å². The average Bonchev–Trinajstić information content (AvgIpc) is 2.24. The highest BCUT2D eigenvalue weighted by Gasteiger charge is 2.22. The molecule has 1 aromatic carbocycles. The van der Waals surface area contributed by atoms with E-state index in [1.54, 1.807) is 6.92 Å². The first kappa shape index (κ1) is 12.7. The molecule has 0 fully saturated rings. The number of hydrogen-bond acceptors (Lipinski definition) is 3. The number of aliphatic hydroxyl groups is 1. The van der Waals surface area contributed by atoms with Gasteiger partial charge in [0.15, 0.2) is 0 Å². The summed E-state index contributed by atoms with van der Waals surface area (Å²) in [5.74, 6) is -0.932. The maximum absolute atomic E-state index is 11.7. The topological polar surface area (TPSA) is 46.5 Å². The summed E-state index contributed by atoms with van der Waals surface area (Å²) in [5, 5.41) is 9.29. The third kappa shape index (κ3) is 2.83. The van der Waals surface area contributed by atoms with E-state index in [-0.39, 0.29) is 12.6 Å². The van der Waals surface area contributed by atoms with Gasteiger partial charge in [-0.3, -0.25) is 4.79 Å². The summed E-state index contributed by atoms with van der Waals surface area (Å²) in [6.45, 7) is 5.76. The second-order valence-corrected chi connectivity index (χ2v) is 3.85. The van der Waals surface area contributed by atoms with Gasteiger partial charge < -0.3 is 9.84 Å². The Kier molecular flexibility index (Phi) is 4.50. The maximum Gasteiger partial charge on any atom is 0.315 e. The van der Waals surface area contributed by atoms with Crippen LogP contribution in [0.1, 0.15) is 29.5 Å². The molecule has 1 rings (SSSR count). The van der Waals surface area contributed by atoms with Gasteiger partial charge in [0, 0.05) is 0 Å². The number of ether oxygens (including phenoxy) is 1. The Morgan fingerprint density at radius 2 is 2.12 bits per heavy atom. The first-order valence-electron chi connectivity index (χ1n) is 5.44. The van der Waals surface area contributed by atoms with Crippen LogP contribution in [0.2, 0.25) is 0 Å². The van der Waals surface area contributed by atoms with Crippen molar-refractivity contribution < 1.29 is 14.6 Å². The zero-order valence-electron chi connectivity index (χ0n) is 9.99. The third-order valence-electron chi connectivity index (χ3n) is 2.56. The number of esters is 1. The van der Waals surface area contributed by atoms with Crippen molar-refractivity contribution in [2.75, 3.05) is 13.2 Å². The van der Waals surface area contributed by atoms with E-state index in [9.17, 15) is 9.90 Å². The number of aryl methyl sites for hydroxylation is 2. The predicted octanol–water partition coefficient (Wildman–Crippen LogP) is 1.94. The van der Waals surface area contributed by atoms with Gasteiger partial charge in [0.2, 0.25) is 0 Å². The molecule has 16 heavy (non-hydrogen) atoms. The molecule has 0 aliphatic carbocycles. The fourth-order valence-electron chi connectivity index (χ4n) is 1.68. The van der Waals surface area contributed by atoms with Gasteiger partial charge in [0.05, 0.1) is 13.2 Å². The minimum Gasteiger partial charge on any atom is -0.465 e. The summed E-state index contributed by atoms with van der Waals surface area (Å²) in [6.07, 6.45) is 0. The first-order chi connectivity index (χ1) is 7.60. The molecule has 0 bridgehead atoms. The number of hydrogen-bond donors (Lipinski definition) is 1. The van der Waals surface area contributed by atoms with Gasteiger partial charge in [-0.15, -0.1) is 0 Å². The van der Waals surface area contributed by atoms with E-state index in [2.05, 4.69) is 0 Å². The molecule has 0 unspecified atom stereocenters. The number of benzene rings is 1. The zero-order valence-corrected chi connectivity index (χ0v) is 9.99. The Morgan fingerprint density at radius 1 is 1.44 bits per heavy atom. The maximum atomic E-state index is 11.7. The Morgan fingerprint density at radius 3 is 2.69 bits per heavy atom. The Bertz CT molecular complexity index is 371. The van der Waals surface area contributed by atoms with Crippen LogP contribution in [-0.2, 0) is 9.53 Å². The molecule has 0 amide bonds. The average molecular weight is 222 g/mol. The molecular formula is C13H18O3. The van der Waals surface area contributed by atoms with Crippen LogP contribution in [-0.4, -0.2) is 24.3 Å². The summed E-state index contributed by atoms with van der Waals surface area (Å²) >= 11 is 0. The Labute approximate surface area is 96.1 Å². The van der Waals surface area contributed by atoms with E-state index in [1.165, 1.54) is 0 Å². The number of carbonyl (C=O) groups excluding carboxylic acids is 1. The van der Waals surface area contributed by atoms with Crippen molar-refractivity contribution in [3.63, 3.8) is 0 Å². The lowest BCUT2D eigenvalue weighted by Gasteiger charge is -2.16. The summed E-state index contributed by atoms with van der Waals surface area (Å²) < 4.78 is 4.95. The van der Waals surface area contributed by atoms with E-state index < -0.39 is 5.92 Å². The molecule has 1 atom stereocenters. The van der Waals surface area contributed by atoms with Crippen LogP contribution in [0.15, 0.2) is 18.2 Å². The van der Waals surface area contributed by atoms with Crippen LogP contribution in [0.4, 0.5) is 0 Å². The van der Waals surface area contributed by atoms with E-state index in [4.69, 9.17) is 4.74 Å². The lowest BCUT2D eigenvalue weighted by molar-refractivity contribution is -0.145. The molecule has 0 aromatic heterocycles. The molecule has 0 saturated heterocycles. The Balaban J connectivity index is 3.03. The zero-order chi connectivity index (χ0) is 12.1. The van der Waals surface area contributed by atoms with Crippen molar-refractivity contribution in [1.29, 1.82) is 0 Å². The molecule has 1 N–H and O–H groups in total. The van der Waals surface area contributed by atoms with Crippen molar-refractivity contribution in [1.82, 2.24) is 0 Å². The van der Waals surface area contributed by atoms with Crippen molar-refractivity contribution in [2.45, 2.75) is 26.7 Å². The van der Waals surface area contributed by atoms with E-state index in [0.29, 0.717) is 6.61 Å². The first-order valence-corrected chi connectivity index (χ1v) is 5.44. The summed E-state index contributed by atoms with van der Waals surface area (Å²) in [4.78, 5) is 11.7. The summed E-state index contributed by atoms with van der Waals surface area (Å²) in [5.41, 5.74) is 2.92. The van der Waals surface area contributed by atoms with Crippen LogP contribution < -0.4 is 0 Å². The molecule has 3 heteroatoms. The van der Waals surface area contributed by atoms with Crippen LogP contribution in [0.25, 0.3) is 0 Å². The largest absolute Gasteiger partial charge is 0.465 e. The van der Waals surface area contributed by atoms with Crippen LogP contribution in [0.5, 0.6) is 0 Å². The molecule has 0 radical (unpaired) electrons. The third-order valence-corrected chi connectivity index (χ3v) is 2.56. The smallest absolute Gasteiger partial charge is 0.315 e. The molecule has 0 spiro atoms. The van der Waals surface area contributed by atoms with Gasteiger partial charge in [0.1, 0.15) is 5.92 Å². The van der Waals surface area contributed by atoms with E-state index in [1.807, 2.05) is 32.0 Å². The van der Waals surface area contributed by atoms with E-state index >= 15 is 0 Å². The van der Waals surface area contributed by atoms with Crippen molar-refractivity contribution >= 4 is 5.97 Å². The van der Waals surface area contributed by atoms with Gasteiger partial charge in [-0.25, -0.2) is 0 Å². The van der Waals surface area contributed by atoms with Crippen LogP contribution in [0, 0.1) is 13.8 Å². The van der Waals surface area contributed by atoms with Crippen molar-refractivity contribution in [2.24, 2.45) is 0 Å². The highest BCUT2D eigenvalue weighted by atomic mass is 16.5. The fourth-order valence-corrected chi connectivity index (χ4v) is 1.68. The summed E-state index contributed by atoms with van der Waals surface area (Å²) in [7, 11) is 0. The quantitative estimate of drug-likeness (QED) is 0.792. The number of carbonyl (C=O) groups is 1. The Hall–Kier alpha value is -1.35. The van der Waals surface area contributed by atoms with Crippen LogP contribution >= 0.6 is 0 Å². The minimum absolute atomic E-state index is 0.219. The lowest BCUT2D eigenvalue weighted by Crippen LogP contribution is -2.20. The number of rotatable bonds is 4. The summed E-state index contributed by atoms with van der Waals surface area (Å²) in [6, 6.07) is 5.86. The predicted molar refractivity (Wildman–Crippen MR) is 62.4 cm³/mol. The van der Waals surface area contributed by atoms with Gasteiger partial charge in [-0.05, 0) is 31.9 Å². The molecule has 1 aromatic rings. The SMILES string of the molecule is CCOC(=O)[C@H](CO)c1cc(C)ccc1C. The van der Waals surface area contributed by atoms with Crippen molar-refractivity contribution in [3.05, 3.63) is 34.9 Å². The lowest BCUT2D eigenvalue weighted by atomic mass is 9.94. The molecule has 0 saturated carbocycles. The second kappa shape index (κ2) is 5.66. The minimum atomic E-state index is -0.570.